The van der Waals surface area contributed by atoms with Gasteiger partial charge in [0.2, 0.25) is 5.95 Å². The van der Waals surface area contributed by atoms with Crippen molar-refractivity contribution in [2.45, 2.75) is 44.4 Å². The molecule has 168 valence electrons. The molecule has 0 bridgehead atoms. The van der Waals surface area contributed by atoms with E-state index in [-0.39, 0.29) is 12.1 Å². The minimum absolute atomic E-state index is 0.0540. The first-order valence-electron chi connectivity index (χ1n) is 10.4. The van der Waals surface area contributed by atoms with E-state index in [1.807, 2.05) is 0 Å². The number of halogens is 4. The average Bonchev–Trinajstić information content (AvgIpc) is 2.76. The highest BCUT2D eigenvalue weighted by Crippen LogP contribution is 2.36. The molecule has 0 atom stereocenters. The van der Waals surface area contributed by atoms with E-state index < -0.39 is 23.4 Å². The molecule has 0 amide bonds. The molecule has 2 aromatic carbocycles. The summed E-state index contributed by atoms with van der Waals surface area (Å²) in [5.74, 6) is -0.288. The first-order valence-corrected chi connectivity index (χ1v) is 10.4. The zero-order valence-electron chi connectivity index (χ0n) is 17.1. The topological polar surface area (TPSA) is 59.1 Å². The summed E-state index contributed by atoms with van der Waals surface area (Å²) in [4.78, 5) is 7.77. The highest BCUT2D eigenvalue weighted by Gasteiger charge is 2.35. The summed E-state index contributed by atoms with van der Waals surface area (Å²) in [6.07, 6.45) is 1.56. The molecule has 1 fully saturated rings. The van der Waals surface area contributed by atoms with Gasteiger partial charge in [0.25, 0.3) is 0 Å². The van der Waals surface area contributed by atoms with E-state index in [9.17, 15) is 17.6 Å². The Bertz CT molecular complexity index is 1050. The number of hydrogen-bond acceptors (Lipinski definition) is 5. The van der Waals surface area contributed by atoms with Crippen molar-refractivity contribution in [2.24, 2.45) is 0 Å². The molecule has 1 aliphatic rings. The predicted molar refractivity (Wildman–Crippen MR) is 114 cm³/mol. The van der Waals surface area contributed by atoms with E-state index in [1.54, 1.807) is 24.3 Å². The molecule has 2 N–H and O–H groups in total. The average molecular weight is 446 g/mol. The third kappa shape index (κ3) is 5.66. The minimum atomic E-state index is -4.65. The maximum absolute atomic E-state index is 13.5. The van der Waals surface area contributed by atoms with Crippen molar-refractivity contribution in [1.82, 2.24) is 9.97 Å². The van der Waals surface area contributed by atoms with Gasteiger partial charge in [0.15, 0.2) is 0 Å². The Labute approximate surface area is 182 Å². The molecule has 9 heteroatoms. The third-order valence-corrected chi connectivity index (χ3v) is 5.15. The minimum Gasteiger partial charge on any atom is -0.490 e. The second-order valence-electron chi connectivity index (χ2n) is 7.62. The summed E-state index contributed by atoms with van der Waals surface area (Å²) in [6.45, 7) is 0. The molecular weight excluding hydrogens is 424 g/mol. The number of hydrogen-bond donors (Lipinski definition) is 2. The number of anilines is 4. The molecule has 1 aromatic heterocycles. The molecule has 0 unspecified atom stereocenters. The van der Waals surface area contributed by atoms with Crippen molar-refractivity contribution >= 4 is 23.1 Å². The van der Waals surface area contributed by atoms with Gasteiger partial charge in [-0.2, -0.15) is 18.2 Å². The molecule has 0 saturated heterocycles. The quantitative estimate of drug-likeness (QED) is 0.406. The van der Waals surface area contributed by atoms with Gasteiger partial charge in [-0.25, -0.2) is 9.37 Å². The number of benzene rings is 2. The molecule has 0 radical (unpaired) electrons. The number of nitrogens with one attached hydrogen (secondary N) is 2. The van der Waals surface area contributed by atoms with Crippen molar-refractivity contribution in [3.05, 3.63) is 66.1 Å². The Kier molecular flexibility index (Phi) is 6.43. The summed E-state index contributed by atoms with van der Waals surface area (Å²) >= 11 is 0. The van der Waals surface area contributed by atoms with Gasteiger partial charge in [-0.3, -0.25) is 0 Å². The lowest BCUT2D eigenvalue weighted by Crippen LogP contribution is -2.19. The van der Waals surface area contributed by atoms with Gasteiger partial charge in [-0.15, -0.1) is 0 Å². The van der Waals surface area contributed by atoms with E-state index in [1.165, 1.54) is 30.7 Å². The molecule has 1 saturated carbocycles. The second-order valence-corrected chi connectivity index (χ2v) is 7.62. The van der Waals surface area contributed by atoms with E-state index in [0.717, 1.165) is 25.7 Å². The maximum atomic E-state index is 13.5. The highest BCUT2D eigenvalue weighted by molar-refractivity contribution is 5.64. The first-order chi connectivity index (χ1) is 15.4. The molecule has 5 nitrogen and oxygen atoms in total. The van der Waals surface area contributed by atoms with Crippen LogP contribution in [0.5, 0.6) is 5.75 Å². The van der Waals surface area contributed by atoms with Crippen LogP contribution in [0.15, 0.2) is 54.7 Å². The number of ether oxygens (including phenoxy) is 1. The van der Waals surface area contributed by atoms with Crippen LogP contribution in [0.25, 0.3) is 0 Å². The smallest absolute Gasteiger partial charge is 0.421 e. The number of alkyl halides is 3. The monoisotopic (exact) mass is 446 g/mol. The van der Waals surface area contributed by atoms with Crippen LogP contribution in [-0.4, -0.2) is 16.1 Å². The van der Waals surface area contributed by atoms with Crippen LogP contribution in [0.1, 0.15) is 37.7 Å². The van der Waals surface area contributed by atoms with Crippen LogP contribution in [0, 0.1) is 5.82 Å². The molecule has 4 rings (SSSR count). The maximum Gasteiger partial charge on any atom is 0.421 e. The van der Waals surface area contributed by atoms with Gasteiger partial charge in [-0.05, 0) is 62.1 Å². The zero-order chi connectivity index (χ0) is 22.6. The Morgan fingerprint density at radius 2 is 1.66 bits per heavy atom. The van der Waals surface area contributed by atoms with Crippen molar-refractivity contribution in [2.75, 3.05) is 10.6 Å². The Balaban J connectivity index is 1.56. The highest BCUT2D eigenvalue weighted by atomic mass is 19.4. The van der Waals surface area contributed by atoms with Crippen LogP contribution < -0.4 is 15.4 Å². The van der Waals surface area contributed by atoms with Crippen molar-refractivity contribution in [3.8, 4) is 5.75 Å². The molecular formula is C23H22F4N4O. The van der Waals surface area contributed by atoms with Crippen molar-refractivity contribution in [1.29, 1.82) is 0 Å². The number of rotatable bonds is 6. The van der Waals surface area contributed by atoms with E-state index in [4.69, 9.17) is 4.74 Å². The standard InChI is InChI=1S/C23H22F4N4O/c24-15-9-11-16(12-10-15)30-22-28-14-20(23(25,26)27)21(31-22)29-17-5-4-8-19(13-17)32-18-6-2-1-3-7-18/h4-5,8-14,18H,1-3,6-7H2,(H2,28,29,30,31). The largest absolute Gasteiger partial charge is 0.490 e. The van der Waals surface area contributed by atoms with Crippen LogP contribution in [0.4, 0.5) is 40.7 Å². The molecule has 3 aromatic rings. The summed E-state index contributed by atoms with van der Waals surface area (Å²) in [7, 11) is 0. The van der Waals surface area contributed by atoms with Gasteiger partial charge in [0, 0.05) is 23.6 Å². The van der Waals surface area contributed by atoms with E-state index in [0.29, 0.717) is 23.3 Å². The lowest BCUT2D eigenvalue weighted by atomic mass is 9.98. The Morgan fingerprint density at radius 3 is 2.38 bits per heavy atom. The number of nitrogens with zero attached hydrogens (tertiary/aromatic N) is 2. The van der Waals surface area contributed by atoms with E-state index >= 15 is 0 Å². The zero-order valence-corrected chi connectivity index (χ0v) is 17.1. The Morgan fingerprint density at radius 1 is 0.906 bits per heavy atom. The fourth-order valence-corrected chi connectivity index (χ4v) is 3.57. The molecule has 0 aliphatic heterocycles. The van der Waals surface area contributed by atoms with Crippen LogP contribution in [-0.2, 0) is 6.18 Å². The Hall–Kier alpha value is -3.36. The van der Waals surface area contributed by atoms with Gasteiger partial charge in [-0.1, -0.05) is 12.5 Å². The SMILES string of the molecule is Fc1ccc(Nc2ncc(C(F)(F)F)c(Nc3cccc(OC4CCCCC4)c3)n2)cc1. The summed E-state index contributed by atoms with van der Waals surface area (Å²) in [6, 6.07) is 12.1. The summed E-state index contributed by atoms with van der Waals surface area (Å²) < 4.78 is 59.7. The number of aromatic nitrogens is 2. The predicted octanol–water partition coefficient (Wildman–Crippen LogP) is 6.83. The van der Waals surface area contributed by atoms with E-state index in [2.05, 4.69) is 20.6 Å². The lowest BCUT2D eigenvalue weighted by Gasteiger charge is -2.23. The van der Waals surface area contributed by atoms with Gasteiger partial charge < -0.3 is 15.4 Å². The molecule has 0 spiro atoms. The van der Waals surface area contributed by atoms with Gasteiger partial charge >= 0.3 is 6.18 Å². The van der Waals surface area contributed by atoms with Crippen LogP contribution in [0.2, 0.25) is 0 Å². The molecule has 32 heavy (non-hydrogen) atoms. The van der Waals surface area contributed by atoms with Crippen molar-refractivity contribution in [3.63, 3.8) is 0 Å². The van der Waals surface area contributed by atoms with Crippen LogP contribution in [0.3, 0.4) is 0 Å². The first kappa shape index (κ1) is 21.9. The fourth-order valence-electron chi connectivity index (χ4n) is 3.57. The normalized spacial score (nSPS) is 14.8. The summed E-state index contributed by atoms with van der Waals surface area (Å²) in [5, 5.41) is 5.52. The van der Waals surface area contributed by atoms with Crippen molar-refractivity contribution < 1.29 is 22.3 Å². The van der Waals surface area contributed by atoms with Gasteiger partial charge in [0.1, 0.15) is 22.9 Å². The van der Waals surface area contributed by atoms with Gasteiger partial charge in [0.05, 0.1) is 6.10 Å². The molecule has 1 heterocycles. The second kappa shape index (κ2) is 9.42. The fraction of sp³-hybridized carbons (Fsp3) is 0.304. The lowest BCUT2D eigenvalue weighted by molar-refractivity contribution is -0.137. The molecule has 1 aliphatic carbocycles. The van der Waals surface area contributed by atoms with Crippen LogP contribution >= 0.6 is 0 Å². The third-order valence-electron chi connectivity index (χ3n) is 5.15. The summed E-state index contributed by atoms with van der Waals surface area (Å²) in [5.41, 5.74) is -0.143.